The molecular weight excluding hydrogens is 206 g/mol. The molecule has 84 valence electrons. The number of thiazole rings is 1. The van der Waals surface area contributed by atoms with Crippen LogP contribution < -0.4 is 5.73 Å². The number of aromatic nitrogens is 1. The SMILES string of the molecule is CN(Cc1cscn1)CC1(CCN)CC1. The van der Waals surface area contributed by atoms with Crippen LogP contribution in [0.1, 0.15) is 25.0 Å². The predicted molar refractivity (Wildman–Crippen MR) is 63.8 cm³/mol. The largest absolute Gasteiger partial charge is 0.330 e. The summed E-state index contributed by atoms with van der Waals surface area (Å²) in [5.74, 6) is 0. The first-order valence-corrected chi connectivity index (χ1v) is 6.44. The third-order valence-corrected chi connectivity index (χ3v) is 3.79. The summed E-state index contributed by atoms with van der Waals surface area (Å²) < 4.78 is 0. The smallest absolute Gasteiger partial charge is 0.0795 e. The lowest BCUT2D eigenvalue weighted by Crippen LogP contribution is -2.28. The van der Waals surface area contributed by atoms with Gasteiger partial charge < -0.3 is 5.73 Å². The van der Waals surface area contributed by atoms with E-state index < -0.39 is 0 Å². The van der Waals surface area contributed by atoms with Crippen LogP contribution in [0.25, 0.3) is 0 Å². The van der Waals surface area contributed by atoms with E-state index in [0.717, 1.165) is 13.1 Å². The molecule has 0 bridgehead atoms. The summed E-state index contributed by atoms with van der Waals surface area (Å²) in [5, 5.41) is 2.12. The lowest BCUT2D eigenvalue weighted by molar-refractivity contribution is 0.246. The summed E-state index contributed by atoms with van der Waals surface area (Å²) in [6, 6.07) is 0. The highest BCUT2D eigenvalue weighted by Crippen LogP contribution is 2.48. The summed E-state index contributed by atoms with van der Waals surface area (Å²) in [4.78, 5) is 6.68. The van der Waals surface area contributed by atoms with Crippen LogP contribution in [-0.2, 0) is 6.54 Å². The third-order valence-electron chi connectivity index (χ3n) is 3.15. The van der Waals surface area contributed by atoms with E-state index in [-0.39, 0.29) is 0 Å². The van der Waals surface area contributed by atoms with E-state index in [0.29, 0.717) is 5.41 Å². The van der Waals surface area contributed by atoms with Gasteiger partial charge >= 0.3 is 0 Å². The second kappa shape index (κ2) is 4.60. The molecule has 1 heterocycles. The van der Waals surface area contributed by atoms with Gasteiger partial charge in [0.05, 0.1) is 11.2 Å². The van der Waals surface area contributed by atoms with Gasteiger partial charge in [-0.15, -0.1) is 11.3 Å². The number of hydrogen-bond donors (Lipinski definition) is 1. The molecule has 4 heteroatoms. The number of nitrogens with two attached hydrogens (primary N) is 1. The molecule has 1 aromatic rings. The molecule has 2 rings (SSSR count). The zero-order valence-electron chi connectivity index (χ0n) is 9.28. The van der Waals surface area contributed by atoms with Crippen molar-refractivity contribution in [2.45, 2.75) is 25.8 Å². The fourth-order valence-electron chi connectivity index (χ4n) is 2.19. The zero-order valence-corrected chi connectivity index (χ0v) is 10.1. The van der Waals surface area contributed by atoms with E-state index in [9.17, 15) is 0 Å². The van der Waals surface area contributed by atoms with Crippen molar-refractivity contribution in [3.63, 3.8) is 0 Å². The highest BCUT2D eigenvalue weighted by Gasteiger charge is 2.42. The lowest BCUT2D eigenvalue weighted by Gasteiger charge is -2.22. The summed E-state index contributed by atoms with van der Waals surface area (Å²) in [6.07, 6.45) is 3.88. The maximum atomic E-state index is 5.64. The van der Waals surface area contributed by atoms with Gasteiger partial charge in [0.15, 0.2) is 0 Å². The van der Waals surface area contributed by atoms with E-state index in [2.05, 4.69) is 22.3 Å². The summed E-state index contributed by atoms with van der Waals surface area (Å²) in [6.45, 7) is 2.96. The van der Waals surface area contributed by atoms with Crippen LogP contribution in [0.15, 0.2) is 10.9 Å². The molecule has 15 heavy (non-hydrogen) atoms. The van der Waals surface area contributed by atoms with E-state index in [1.54, 1.807) is 11.3 Å². The van der Waals surface area contributed by atoms with Crippen molar-refractivity contribution in [2.75, 3.05) is 20.1 Å². The van der Waals surface area contributed by atoms with Gasteiger partial charge in [-0.3, -0.25) is 4.90 Å². The minimum Gasteiger partial charge on any atom is -0.330 e. The number of rotatable bonds is 6. The van der Waals surface area contributed by atoms with Gasteiger partial charge in [0, 0.05) is 18.5 Å². The van der Waals surface area contributed by atoms with Gasteiger partial charge in [-0.05, 0) is 38.3 Å². The Bertz CT molecular complexity index is 293. The van der Waals surface area contributed by atoms with Crippen LogP contribution in [0, 0.1) is 5.41 Å². The van der Waals surface area contributed by atoms with Gasteiger partial charge in [-0.2, -0.15) is 0 Å². The van der Waals surface area contributed by atoms with Crippen molar-refractivity contribution < 1.29 is 0 Å². The maximum Gasteiger partial charge on any atom is 0.0795 e. The van der Waals surface area contributed by atoms with Crippen LogP contribution in [0.5, 0.6) is 0 Å². The average Bonchev–Trinajstić information content (AvgIpc) is 2.75. The Morgan fingerprint density at radius 2 is 2.40 bits per heavy atom. The number of nitrogens with zero attached hydrogens (tertiary/aromatic N) is 2. The second-order valence-electron chi connectivity index (χ2n) is 4.69. The average molecular weight is 225 g/mol. The second-order valence-corrected chi connectivity index (χ2v) is 5.41. The molecule has 1 fully saturated rings. The molecular formula is C11H19N3S. The molecule has 1 saturated carbocycles. The molecule has 0 spiro atoms. The van der Waals surface area contributed by atoms with Gasteiger partial charge in [0.2, 0.25) is 0 Å². The Labute approximate surface area is 95.3 Å². The van der Waals surface area contributed by atoms with Crippen molar-refractivity contribution in [2.24, 2.45) is 11.1 Å². The Morgan fingerprint density at radius 3 is 2.93 bits per heavy atom. The lowest BCUT2D eigenvalue weighted by atomic mass is 10.0. The molecule has 3 nitrogen and oxygen atoms in total. The van der Waals surface area contributed by atoms with Gasteiger partial charge in [0.25, 0.3) is 0 Å². The van der Waals surface area contributed by atoms with Crippen molar-refractivity contribution in [3.8, 4) is 0 Å². The molecule has 0 amide bonds. The van der Waals surface area contributed by atoms with Crippen LogP contribution in [0.4, 0.5) is 0 Å². The maximum absolute atomic E-state index is 5.64. The minimum atomic E-state index is 0.541. The molecule has 1 aromatic heterocycles. The predicted octanol–water partition coefficient (Wildman–Crippen LogP) is 1.70. The van der Waals surface area contributed by atoms with E-state index in [1.807, 2.05) is 5.51 Å². The molecule has 0 atom stereocenters. The summed E-state index contributed by atoms with van der Waals surface area (Å²) >= 11 is 1.67. The molecule has 0 aliphatic heterocycles. The quantitative estimate of drug-likeness (QED) is 0.801. The van der Waals surface area contributed by atoms with Gasteiger partial charge in [-0.1, -0.05) is 0 Å². The minimum absolute atomic E-state index is 0.541. The monoisotopic (exact) mass is 225 g/mol. The Balaban J connectivity index is 1.80. The Morgan fingerprint density at radius 1 is 1.60 bits per heavy atom. The van der Waals surface area contributed by atoms with Gasteiger partial charge in [-0.25, -0.2) is 4.98 Å². The van der Waals surface area contributed by atoms with Crippen LogP contribution >= 0.6 is 11.3 Å². The fourth-order valence-corrected chi connectivity index (χ4v) is 2.74. The van der Waals surface area contributed by atoms with E-state index in [1.165, 1.54) is 31.5 Å². The molecule has 0 radical (unpaired) electrons. The van der Waals surface area contributed by atoms with Crippen LogP contribution in [0.3, 0.4) is 0 Å². The first kappa shape index (κ1) is 11.0. The van der Waals surface area contributed by atoms with Crippen LogP contribution in [0.2, 0.25) is 0 Å². The van der Waals surface area contributed by atoms with Crippen LogP contribution in [-0.4, -0.2) is 30.0 Å². The zero-order chi connectivity index (χ0) is 10.7. The molecule has 1 aliphatic carbocycles. The van der Waals surface area contributed by atoms with E-state index in [4.69, 9.17) is 5.73 Å². The first-order chi connectivity index (χ1) is 7.24. The summed E-state index contributed by atoms with van der Waals surface area (Å²) in [7, 11) is 2.18. The van der Waals surface area contributed by atoms with Crippen molar-refractivity contribution in [1.29, 1.82) is 0 Å². The first-order valence-electron chi connectivity index (χ1n) is 5.50. The Hall–Kier alpha value is -0.450. The molecule has 1 aliphatic rings. The molecule has 0 saturated heterocycles. The number of hydrogen-bond acceptors (Lipinski definition) is 4. The van der Waals surface area contributed by atoms with Crippen molar-refractivity contribution in [1.82, 2.24) is 9.88 Å². The normalized spacial score (nSPS) is 18.3. The third kappa shape index (κ3) is 3.00. The fraction of sp³-hybridized carbons (Fsp3) is 0.727. The van der Waals surface area contributed by atoms with E-state index >= 15 is 0 Å². The summed E-state index contributed by atoms with van der Waals surface area (Å²) in [5.41, 5.74) is 9.26. The molecule has 0 aromatic carbocycles. The van der Waals surface area contributed by atoms with Crippen molar-refractivity contribution >= 4 is 11.3 Å². The Kier molecular flexibility index (Phi) is 3.38. The van der Waals surface area contributed by atoms with Crippen molar-refractivity contribution in [3.05, 3.63) is 16.6 Å². The standard InChI is InChI=1S/C11H19N3S/c1-14(6-10-7-15-9-13-10)8-11(2-3-11)4-5-12/h7,9H,2-6,8,12H2,1H3. The molecule has 0 unspecified atom stereocenters. The highest BCUT2D eigenvalue weighted by molar-refractivity contribution is 7.07. The highest BCUT2D eigenvalue weighted by atomic mass is 32.1. The topological polar surface area (TPSA) is 42.2 Å². The van der Waals surface area contributed by atoms with Gasteiger partial charge in [0.1, 0.15) is 0 Å². The molecule has 2 N–H and O–H groups in total.